The highest BCUT2D eigenvalue weighted by Crippen LogP contribution is 2.24. The first kappa shape index (κ1) is 19.9. The molecule has 0 saturated heterocycles. The molecule has 0 aliphatic rings. The molecule has 4 aromatic rings. The fourth-order valence-corrected chi connectivity index (χ4v) is 4.23. The van der Waals surface area contributed by atoms with Gasteiger partial charge in [0, 0.05) is 21.1 Å². The second-order valence-corrected chi connectivity index (χ2v) is 8.71. The molecular formula is C23H19Br2N3O. The van der Waals surface area contributed by atoms with Crippen molar-refractivity contribution in [3.63, 3.8) is 0 Å². The summed E-state index contributed by atoms with van der Waals surface area (Å²) in [5.74, 6) is 0.703. The number of aromatic nitrogens is 2. The molecule has 29 heavy (non-hydrogen) atoms. The zero-order valence-corrected chi connectivity index (χ0v) is 18.9. The molecule has 4 rings (SSSR count). The van der Waals surface area contributed by atoms with Crippen LogP contribution in [-0.4, -0.2) is 15.5 Å². The van der Waals surface area contributed by atoms with Crippen molar-refractivity contribution in [3.8, 4) is 0 Å². The number of hydrogen-bond acceptors (Lipinski definition) is 2. The molecular weight excluding hydrogens is 494 g/mol. The number of nitrogens with zero attached hydrogens (tertiary/aromatic N) is 2. The number of imidazole rings is 1. The minimum absolute atomic E-state index is 0.125. The maximum Gasteiger partial charge on any atom is 0.251 e. The summed E-state index contributed by atoms with van der Waals surface area (Å²) >= 11 is 6.96. The Morgan fingerprint density at radius 3 is 2.48 bits per heavy atom. The second kappa shape index (κ2) is 8.51. The fraction of sp³-hybridized carbons (Fsp3) is 0.130. The van der Waals surface area contributed by atoms with Crippen molar-refractivity contribution >= 4 is 48.8 Å². The second-order valence-electron chi connectivity index (χ2n) is 6.88. The van der Waals surface area contributed by atoms with Gasteiger partial charge in [0.05, 0.1) is 17.1 Å². The summed E-state index contributed by atoms with van der Waals surface area (Å²) in [4.78, 5) is 17.6. The van der Waals surface area contributed by atoms with Gasteiger partial charge in [-0.25, -0.2) is 4.98 Å². The maximum absolute atomic E-state index is 12.7. The van der Waals surface area contributed by atoms with Gasteiger partial charge < -0.3 is 9.88 Å². The molecule has 0 fully saturated rings. The molecule has 1 aromatic heterocycles. The van der Waals surface area contributed by atoms with E-state index in [1.807, 2.05) is 55.5 Å². The summed E-state index contributed by atoms with van der Waals surface area (Å²) in [6.07, 6.45) is 0. The van der Waals surface area contributed by atoms with Crippen molar-refractivity contribution in [3.05, 3.63) is 98.7 Å². The number of carbonyl (C=O) groups excluding carboxylic acids is 1. The van der Waals surface area contributed by atoms with Gasteiger partial charge in [-0.1, -0.05) is 62.2 Å². The number of amides is 1. The minimum atomic E-state index is -0.249. The van der Waals surface area contributed by atoms with Crippen LogP contribution >= 0.6 is 31.9 Å². The molecule has 0 saturated carbocycles. The quantitative estimate of drug-likeness (QED) is 0.351. The predicted molar refractivity (Wildman–Crippen MR) is 123 cm³/mol. The van der Waals surface area contributed by atoms with Gasteiger partial charge in [0.15, 0.2) is 0 Å². The first-order valence-electron chi connectivity index (χ1n) is 9.27. The number of rotatable bonds is 5. The van der Waals surface area contributed by atoms with Crippen molar-refractivity contribution in [2.45, 2.75) is 19.5 Å². The molecule has 0 bridgehead atoms. The summed E-state index contributed by atoms with van der Waals surface area (Å²) in [6, 6.07) is 23.4. The van der Waals surface area contributed by atoms with Gasteiger partial charge in [0.1, 0.15) is 5.82 Å². The first-order valence-corrected chi connectivity index (χ1v) is 10.9. The van der Waals surface area contributed by atoms with Crippen molar-refractivity contribution in [1.82, 2.24) is 14.9 Å². The normalized spacial score (nSPS) is 12.1. The summed E-state index contributed by atoms with van der Waals surface area (Å²) in [7, 11) is 0. The molecule has 0 radical (unpaired) electrons. The van der Waals surface area contributed by atoms with E-state index >= 15 is 0 Å². The lowest BCUT2D eigenvalue weighted by Crippen LogP contribution is -2.28. The standard InChI is InChI=1S/C23H19Br2N3O/c1-15(26-23(29)17-7-5-9-19(25)13-17)22-27-20-10-2-3-11-21(20)28(22)14-16-6-4-8-18(24)12-16/h2-13,15H,14H2,1H3,(H,26,29). The molecule has 1 heterocycles. The lowest BCUT2D eigenvalue weighted by molar-refractivity contribution is 0.0937. The Bertz CT molecular complexity index is 1190. The van der Waals surface area contributed by atoms with Gasteiger partial charge >= 0.3 is 0 Å². The topological polar surface area (TPSA) is 46.9 Å². The Balaban J connectivity index is 1.68. The molecule has 0 aliphatic carbocycles. The van der Waals surface area contributed by atoms with E-state index in [4.69, 9.17) is 4.98 Å². The van der Waals surface area contributed by atoms with Gasteiger partial charge in [-0.15, -0.1) is 0 Å². The largest absolute Gasteiger partial charge is 0.342 e. The van der Waals surface area contributed by atoms with Crippen molar-refractivity contribution in [2.24, 2.45) is 0 Å². The Kier molecular flexibility index (Phi) is 5.83. The molecule has 1 atom stereocenters. The highest BCUT2D eigenvalue weighted by Gasteiger charge is 2.19. The molecule has 0 aliphatic heterocycles. The van der Waals surface area contributed by atoms with Crippen LogP contribution in [0.1, 0.15) is 34.7 Å². The smallest absolute Gasteiger partial charge is 0.251 e. The summed E-state index contributed by atoms with van der Waals surface area (Å²) in [5, 5.41) is 3.09. The van der Waals surface area contributed by atoms with E-state index in [0.717, 1.165) is 31.4 Å². The van der Waals surface area contributed by atoms with Gasteiger partial charge in [0.2, 0.25) is 0 Å². The summed E-state index contributed by atoms with van der Waals surface area (Å²) < 4.78 is 4.08. The van der Waals surface area contributed by atoms with Crippen LogP contribution < -0.4 is 5.32 Å². The number of hydrogen-bond donors (Lipinski definition) is 1. The predicted octanol–water partition coefficient (Wildman–Crippen LogP) is 6.10. The van der Waals surface area contributed by atoms with E-state index in [-0.39, 0.29) is 11.9 Å². The highest BCUT2D eigenvalue weighted by molar-refractivity contribution is 9.10. The Hall–Kier alpha value is -2.44. The first-order chi connectivity index (χ1) is 14.0. The Labute approximate surface area is 186 Å². The molecule has 146 valence electrons. The lowest BCUT2D eigenvalue weighted by Gasteiger charge is -2.17. The molecule has 0 spiro atoms. The van der Waals surface area contributed by atoms with Crippen LogP contribution in [0.4, 0.5) is 0 Å². The van der Waals surface area contributed by atoms with Crippen LogP contribution in [0, 0.1) is 0 Å². The van der Waals surface area contributed by atoms with E-state index in [2.05, 4.69) is 59.9 Å². The van der Waals surface area contributed by atoms with Gasteiger partial charge in [-0.3, -0.25) is 4.79 Å². The van der Waals surface area contributed by atoms with E-state index < -0.39 is 0 Å². The molecule has 6 heteroatoms. The van der Waals surface area contributed by atoms with Gasteiger partial charge in [-0.05, 0) is 55.0 Å². The zero-order valence-electron chi connectivity index (χ0n) is 15.8. The summed E-state index contributed by atoms with van der Waals surface area (Å²) in [6.45, 7) is 2.64. The van der Waals surface area contributed by atoms with Crippen LogP contribution in [0.25, 0.3) is 11.0 Å². The molecule has 3 aromatic carbocycles. The average Bonchev–Trinajstić information content (AvgIpc) is 3.07. The van der Waals surface area contributed by atoms with Crippen LogP contribution in [0.3, 0.4) is 0 Å². The zero-order chi connectivity index (χ0) is 20.4. The van der Waals surface area contributed by atoms with Crippen molar-refractivity contribution in [2.75, 3.05) is 0 Å². The van der Waals surface area contributed by atoms with E-state index in [0.29, 0.717) is 12.1 Å². The molecule has 1 N–H and O–H groups in total. The monoisotopic (exact) mass is 511 g/mol. The van der Waals surface area contributed by atoms with Crippen LogP contribution in [0.2, 0.25) is 0 Å². The third-order valence-electron chi connectivity index (χ3n) is 4.74. The third kappa shape index (κ3) is 4.43. The Morgan fingerprint density at radius 2 is 1.72 bits per heavy atom. The maximum atomic E-state index is 12.7. The number of benzene rings is 3. The molecule has 4 nitrogen and oxygen atoms in total. The number of nitrogens with one attached hydrogen (secondary N) is 1. The number of fused-ring (bicyclic) bond motifs is 1. The average molecular weight is 513 g/mol. The van der Waals surface area contributed by atoms with Crippen LogP contribution in [-0.2, 0) is 6.54 Å². The number of halogens is 2. The minimum Gasteiger partial charge on any atom is -0.342 e. The number of para-hydroxylation sites is 2. The SMILES string of the molecule is CC(NC(=O)c1cccc(Br)c1)c1nc2ccccc2n1Cc1cccc(Br)c1. The molecule has 1 amide bonds. The van der Waals surface area contributed by atoms with Crippen LogP contribution in [0.5, 0.6) is 0 Å². The van der Waals surface area contributed by atoms with E-state index in [1.165, 1.54) is 0 Å². The van der Waals surface area contributed by atoms with E-state index in [9.17, 15) is 4.79 Å². The fourth-order valence-electron chi connectivity index (χ4n) is 3.38. The van der Waals surface area contributed by atoms with Crippen LogP contribution in [0.15, 0.2) is 81.7 Å². The lowest BCUT2D eigenvalue weighted by atomic mass is 10.2. The van der Waals surface area contributed by atoms with Crippen molar-refractivity contribution in [1.29, 1.82) is 0 Å². The highest BCUT2D eigenvalue weighted by atomic mass is 79.9. The van der Waals surface area contributed by atoms with Gasteiger partial charge in [-0.2, -0.15) is 0 Å². The van der Waals surface area contributed by atoms with Crippen molar-refractivity contribution < 1.29 is 4.79 Å². The van der Waals surface area contributed by atoms with Gasteiger partial charge in [0.25, 0.3) is 5.91 Å². The van der Waals surface area contributed by atoms with E-state index in [1.54, 1.807) is 6.07 Å². The molecule has 1 unspecified atom stereocenters. The number of carbonyl (C=O) groups is 1. The summed E-state index contributed by atoms with van der Waals surface area (Å²) in [5.41, 5.74) is 3.74. The third-order valence-corrected chi connectivity index (χ3v) is 5.72. The Morgan fingerprint density at radius 1 is 1.00 bits per heavy atom.